The zero-order valence-corrected chi connectivity index (χ0v) is 38.7. The summed E-state index contributed by atoms with van der Waals surface area (Å²) in [6.45, 7) is 3.68. The van der Waals surface area contributed by atoms with Crippen molar-refractivity contribution in [1.29, 1.82) is 5.26 Å². The maximum atomic E-state index is 14.5. The molecule has 6 rings (SSSR count). The predicted octanol–water partition coefficient (Wildman–Crippen LogP) is 14.4. The Morgan fingerprint density at radius 1 is 0.575 bits per heavy atom. The highest BCUT2D eigenvalue weighted by Crippen LogP contribution is 2.54. The molecule has 2 atom stereocenters. The minimum atomic E-state index is -5.54. The van der Waals surface area contributed by atoms with Crippen molar-refractivity contribution in [2.45, 2.75) is 99.9 Å². The number of hydrogen-bond donors (Lipinski definition) is 0. The van der Waals surface area contributed by atoms with Crippen molar-refractivity contribution in [1.82, 2.24) is 0 Å². The highest BCUT2D eigenvalue weighted by Gasteiger charge is 2.67. The second-order valence-corrected chi connectivity index (χ2v) is 18.3. The SMILES string of the molecule is CC(C)(C)OC(=O)CCc1ccc(N2CCC(c3cc(C(F)(F)F)cc(C(F)(F)F)c3)(C(F)(F)F)C2=O)cc1Cl.N#Cc1ccc(N2CCC(c3cc(C(F)(F)F)cc(C(F)(F)F)c3)(C(F)(F)F)C2=O)cc1Cl. The fourth-order valence-electron chi connectivity index (χ4n) is 8.02. The fraction of sp³-hybridized carbons (Fsp3) is 0.391. The molecule has 0 saturated carbocycles. The first kappa shape index (κ1) is 58.0. The van der Waals surface area contributed by atoms with Crippen LogP contribution in [-0.4, -0.2) is 48.8 Å². The summed E-state index contributed by atoms with van der Waals surface area (Å²) in [6, 6.07) is 7.72. The van der Waals surface area contributed by atoms with E-state index < -0.39 is 131 Å². The van der Waals surface area contributed by atoms with Gasteiger partial charge in [-0.3, -0.25) is 14.4 Å². The molecule has 73 heavy (non-hydrogen) atoms. The van der Waals surface area contributed by atoms with E-state index >= 15 is 0 Å². The Morgan fingerprint density at radius 3 is 1.23 bits per heavy atom. The maximum absolute atomic E-state index is 14.5. The Bertz CT molecular complexity index is 2760. The van der Waals surface area contributed by atoms with Crippen LogP contribution in [0.5, 0.6) is 0 Å². The molecule has 0 spiro atoms. The van der Waals surface area contributed by atoms with Crippen molar-refractivity contribution in [3.8, 4) is 6.07 Å². The molecular weight excluding hydrogens is 1070 g/mol. The van der Waals surface area contributed by atoms with Crippen molar-refractivity contribution >= 4 is 52.4 Å². The zero-order chi connectivity index (χ0) is 55.5. The molecule has 2 amide bonds. The minimum absolute atomic E-state index is 0.0169. The van der Waals surface area contributed by atoms with Crippen LogP contribution in [0.1, 0.15) is 84.5 Å². The van der Waals surface area contributed by atoms with Gasteiger partial charge in [-0.25, -0.2) is 0 Å². The summed E-state index contributed by atoms with van der Waals surface area (Å²) in [5, 5.41) is 8.68. The Hall–Kier alpha value is -5.90. The summed E-state index contributed by atoms with van der Waals surface area (Å²) in [4.78, 5) is 39.4. The number of nitriles is 1. The molecule has 2 heterocycles. The van der Waals surface area contributed by atoms with Crippen LogP contribution in [0.4, 0.5) is 90.4 Å². The predicted molar refractivity (Wildman–Crippen MR) is 224 cm³/mol. The topological polar surface area (TPSA) is 90.7 Å². The Labute approximate surface area is 411 Å². The number of aryl methyl sites for hydroxylation is 1. The molecule has 4 aromatic rings. The molecule has 2 fully saturated rings. The average molecular weight is 1100 g/mol. The van der Waals surface area contributed by atoms with E-state index in [1.165, 1.54) is 12.1 Å². The van der Waals surface area contributed by atoms with E-state index in [-0.39, 0.29) is 76.2 Å². The number of carbonyl (C=O) groups excluding carboxylic acids is 3. The van der Waals surface area contributed by atoms with Crippen molar-refractivity contribution in [2.75, 3.05) is 22.9 Å². The average Bonchev–Trinajstić information content (AvgIpc) is 3.79. The van der Waals surface area contributed by atoms with E-state index in [4.69, 9.17) is 33.2 Å². The molecule has 4 aromatic carbocycles. The van der Waals surface area contributed by atoms with Crippen LogP contribution in [0.25, 0.3) is 0 Å². The third-order valence-corrected chi connectivity index (χ3v) is 12.2. The number of benzene rings is 4. The summed E-state index contributed by atoms with van der Waals surface area (Å²) < 4.78 is 251. The van der Waals surface area contributed by atoms with Gasteiger partial charge in [0.15, 0.2) is 10.8 Å². The van der Waals surface area contributed by atoms with E-state index in [2.05, 4.69) is 0 Å². The maximum Gasteiger partial charge on any atom is 0.416 e. The number of nitrogens with zero attached hydrogens (tertiary/aromatic N) is 3. The van der Waals surface area contributed by atoms with Gasteiger partial charge in [0.2, 0.25) is 11.8 Å². The second kappa shape index (κ2) is 19.7. The van der Waals surface area contributed by atoms with Crippen molar-refractivity contribution in [3.05, 3.63) is 127 Å². The number of hydrogen-bond acceptors (Lipinski definition) is 5. The molecule has 7 nitrogen and oxygen atoms in total. The monoisotopic (exact) mass is 1100 g/mol. The van der Waals surface area contributed by atoms with Crippen LogP contribution in [0, 0.1) is 11.3 Å². The van der Waals surface area contributed by atoms with Crippen LogP contribution in [0.15, 0.2) is 72.8 Å². The molecule has 0 radical (unpaired) electrons. The Morgan fingerprint density at radius 2 is 0.932 bits per heavy atom. The number of rotatable bonds is 7. The Kier molecular flexibility index (Phi) is 15.7. The molecule has 0 aromatic heterocycles. The molecule has 2 aliphatic rings. The lowest BCUT2D eigenvalue weighted by molar-refractivity contribution is -0.192. The van der Waals surface area contributed by atoms with Gasteiger partial charge in [-0.1, -0.05) is 29.3 Å². The molecular formula is C46H33Cl2F18N3O4. The number of carbonyl (C=O) groups is 3. The fourth-order valence-corrected chi connectivity index (χ4v) is 8.51. The van der Waals surface area contributed by atoms with Gasteiger partial charge >= 0.3 is 43.0 Å². The summed E-state index contributed by atoms with van der Waals surface area (Å²) in [7, 11) is 0. The number of halogens is 20. The number of amides is 2. The lowest BCUT2D eigenvalue weighted by Crippen LogP contribution is -2.49. The first-order valence-corrected chi connectivity index (χ1v) is 21.4. The summed E-state index contributed by atoms with van der Waals surface area (Å²) in [6.07, 6.45) is -34.9. The van der Waals surface area contributed by atoms with Gasteiger partial charge < -0.3 is 14.5 Å². The normalized spacial score (nSPS) is 19.2. The van der Waals surface area contributed by atoms with E-state index in [1.54, 1.807) is 26.8 Å². The molecule has 0 aliphatic carbocycles. The van der Waals surface area contributed by atoms with Gasteiger partial charge in [-0.05, 0) is 123 Å². The van der Waals surface area contributed by atoms with Crippen LogP contribution < -0.4 is 9.80 Å². The van der Waals surface area contributed by atoms with Gasteiger partial charge in [0.25, 0.3) is 0 Å². The minimum Gasteiger partial charge on any atom is -0.460 e. The van der Waals surface area contributed by atoms with Crippen LogP contribution in [0.3, 0.4) is 0 Å². The zero-order valence-electron chi connectivity index (χ0n) is 37.2. The number of alkyl halides is 18. The highest BCUT2D eigenvalue weighted by atomic mass is 35.5. The first-order chi connectivity index (χ1) is 33.1. The first-order valence-electron chi connectivity index (χ1n) is 20.7. The number of anilines is 2. The summed E-state index contributed by atoms with van der Waals surface area (Å²) in [5.41, 5.74) is -18.9. The smallest absolute Gasteiger partial charge is 0.416 e. The van der Waals surface area contributed by atoms with E-state index in [9.17, 15) is 93.4 Å². The van der Waals surface area contributed by atoms with Gasteiger partial charge in [-0.2, -0.15) is 84.3 Å². The number of ether oxygens (including phenoxy) is 1. The molecule has 2 unspecified atom stereocenters. The van der Waals surface area contributed by atoms with Crippen molar-refractivity contribution < 1.29 is 98.1 Å². The van der Waals surface area contributed by atoms with E-state index in [1.807, 2.05) is 0 Å². The van der Waals surface area contributed by atoms with E-state index in [0.717, 1.165) is 24.3 Å². The third-order valence-electron chi connectivity index (χ3n) is 11.5. The van der Waals surface area contributed by atoms with Gasteiger partial charge in [0, 0.05) is 35.9 Å². The summed E-state index contributed by atoms with van der Waals surface area (Å²) >= 11 is 12.1. The highest BCUT2D eigenvalue weighted by molar-refractivity contribution is 6.32. The van der Waals surface area contributed by atoms with Crippen molar-refractivity contribution in [3.63, 3.8) is 0 Å². The molecule has 2 saturated heterocycles. The van der Waals surface area contributed by atoms with E-state index in [0.29, 0.717) is 15.4 Å². The lowest BCUT2D eigenvalue weighted by Gasteiger charge is -2.32. The van der Waals surface area contributed by atoms with Crippen molar-refractivity contribution in [2.24, 2.45) is 0 Å². The molecule has 0 bridgehead atoms. The Balaban J connectivity index is 0.000000276. The molecule has 27 heteroatoms. The molecule has 2 aliphatic heterocycles. The van der Waals surface area contributed by atoms with Gasteiger partial charge in [0.1, 0.15) is 11.7 Å². The number of esters is 1. The molecule has 0 N–H and O–H groups in total. The van der Waals surface area contributed by atoms with Gasteiger partial charge in [0.05, 0.1) is 32.8 Å². The molecule has 396 valence electrons. The third kappa shape index (κ3) is 12.1. The standard InChI is InChI=1S/C26H23ClF9NO3.C20H10ClF9N2O/c1-22(2,3)40-20(38)7-5-14-4-6-18(13-19(14)27)37-9-8-23(21(37)39,26(34,35)36)15-10-16(24(28,29)30)12-17(11-15)25(31,32)33;21-15-8-14(2-1-10(15)9-31)32-4-3-17(16(32)33,20(28,29)30)11-5-12(18(22,23)24)7-13(6-11)19(25,26)27/h4,6,10-13H,5,7-9H2,1-3H3;1-2,5-8H,3-4H2. The second-order valence-electron chi connectivity index (χ2n) is 17.4. The quantitative estimate of drug-likeness (QED) is 0.136. The summed E-state index contributed by atoms with van der Waals surface area (Å²) in [5.74, 6) is -4.04. The van der Waals surface area contributed by atoms with Crippen LogP contribution >= 0.6 is 23.2 Å². The largest absolute Gasteiger partial charge is 0.460 e. The van der Waals surface area contributed by atoms with Gasteiger partial charge in [-0.15, -0.1) is 0 Å². The lowest BCUT2D eigenvalue weighted by atomic mass is 9.77. The van der Waals surface area contributed by atoms with Crippen LogP contribution in [-0.2, 0) is 61.1 Å². The van der Waals surface area contributed by atoms with Crippen LogP contribution in [0.2, 0.25) is 10.0 Å².